The van der Waals surface area contributed by atoms with Crippen LogP contribution in [0.4, 0.5) is 0 Å². The zero-order valence-electron chi connectivity index (χ0n) is 14.5. The van der Waals surface area contributed by atoms with Gasteiger partial charge in [0.15, 0.2) is 0 Å². The fourth-order valence-electron chi connectivity index (χ4n) is 3.32. The number of aryl methyl sites for hydroxylation is 2. The third kappa shape index (κ3) is 3.79. The first-order chi connectivity index (χ1) is 11.1. The van der Waals surface area contributed by atoms with Crippen molar-refractivity contribution in [1.29, 1.82) is 0 Å². The third-order valence-corrected chi connectivity index (χ3v) is 5.54. The Morgan fingerprint density at radius 2 is 2.17 bits per heavy atom. The van der Waals surface area contributed by atoms with E-state index < -0.39 is 0 Å². The van der Waals surface area contributed by atoms with Gasteiger partial charge in [-0.2, -0.15) is 0 Å². The Balaban J connectivity index is 1.55. The quantitative estimate of drug-likeness (QED) is 0.809. The van der Waals surface area contributed by atoms with E-state index in [0.717, 1.165) is 49.4 Å². The van der Waals surface area contributed by atoms with Crippen LogP contribution in [-0.2, 0) is 19.6 Å². The normalized spacial score (nSPS) is 19.1. The second-order valence-electron chi connectivity index (χ2n) is 6.35. The lowest BCUT2D eigenvalue weighted by atomic mass is 10.2. The van der Waals surface area contributed by atoms with Crippen LogP contribution in [0.1, 0.15) is 34.9 Å². The van der Waals surface area contributed by atoms with Gasteiger partial charge in [-0.25, -0.2) is 4.98 Å². The van der Waals surface area contributed by atoms with Crippen molar-refractivity contribution in [2.24, 2.45) is 0 Å². The van der Waals surface area contributed by atoms with Gasteiger partial charge in [-0.05, 0) is 34.2 Å². The first-order valence-electron chi connectivity index (χ1n) is 8.29. The number of likely N-dealkylation sites (tertiary alicyclic amines) is 1. The molecular formula is C16H26N6S. The molecule has 0 radical (unpaired) electrons. The van der Waals surface area contributed by atoms with Crippen LogP contribution in [0, 0.1) is 13.8 Å². The summed E-state index contributed by atoms with van der Waals surface area (Å²) in [7, 11) is 2.20. The van der Waals surface area contributed by atoms with Gasteiger partial charge in [0.2, 0.25) is 0 Å². The Kier molecular flexibility index (Phi) is 5.08. The maximum atomic E-state index is 4.35. The largest absolute Gasteiger partial charge is 0.314 e. The Morgan fingerprint density at radius 1 is 1.35 bits per heavy atom. The highest BCUT2D eigenvalue weighted by Gasteiger charge is 2.27. The summed E-state index contributed by atoms with van der Waals surface area (Å²) in [4.78, 5) is 10.7. The molecule has 0 N–H and O–H groups in total. The summed E-state index contributed by atoms with van der Waals surface area (Å²) >= 11 is 1.81. The SMILES string of the molecule is CCn1c(C)nnc1CN(C)[C@H]1CCN(Cc2cnc(C)s2)C1. The predicted molar refractivity (Wildman–Crippen MR) is 92.4 cm³/mol. The van der Waals surface area contributed by atoms with Crippen molar-refractivity contribution in [1.82, 2.24) is 29.5 Å². The van der Waals surface area contributed by atoms with E-state index in [1.165, 1.54) is 11.3 Å². The highest BCUT2D eigenvalue weighted by Crippen LogP contribution is 2.21. The van der Waals surface area contributed by atoms with E-state index in [4.69, 9.17) is 0 Å². The molecule has 0 bridgehead atoms. The molecule has 0 aliphatic carbocycles. The fraction of sp³-hybridized carbons (Fsp3) is 0.688. The lowest BCUT2D eigenvalue weighted by Crippen LogP contribution is -2.34. The molecule has 1 saturated heterocycles. The second kappa shape index (κ2) is 7.07. The standard InChI is InChI=1S/C16H26N6S/c1-5-22-12(2)18-19-16(22)11-20(4)14-6-7-21(9-14)10-15-8-17-13(3)23-15/h8,14H,5-7,9-11H2,1-4H3/t14-/m0/s1. The van der Waals surface area contributed by atoms with Gasteiger partial charge in [0.1, 0.15) is 11.6 Å². The molecule has 0 spiro atoms. The Bertz CT molecular complexity index is 649. The van der Waals surface area contributed by atoms with Gasteiger partial charge in [0.05, 0.1) is 11.6 Å². The number of hydrogen-bond donors (Lipinski definition) is 0. The molecule has 2 aromatic rings. The van der Waals surface area contributed by atoms with Crippen LogP contribution in [0.15, 0.2) is 6.20 Å². The molecule has 1 atom stereocenters. The summed E-state index contributed by atoms with van der Waals surface area (Å²) in [5.41, 5.74) is 0. The smallest absolute Gasteiger partial charge is 0.147 e. The summed E-state index contributed by atoms with van der Waals surface area (Å²) in [5.74, 6) is 2.08. The van der Waals surface area contributed by atoms with E-state index in [1.54, 1.807) is 11.3 Å². The number of likely N-dealkylation sites (N-methyl/N-ethyl adjacent to an activating group) is 1. The Hall–Kier alpha value is -1.31. The van der Waals surface area contributed by atoms with E-state index in [9.17, 15) is 0 Å². The Labute approximate surface area is 142 Å². The van der Waals surface area contributed by atoms with Crippen molar-refractivity contribution in [3.8, 4) is 0 Å². The zero-order chi connectivity index (χ0) is 16.4. The summed E-state index contributed by atoms with van der Waals surface area (Å²) in [5, 5.41) is 9.70. The van der Waals surface area contributed by atoms with Crippen LogP contribution >= 0.6 is 11.3 Å². The number of aromatic nitrogens is 4. The van der Waals surface area contributed by atoms with E-state index in [2.05, 4.69) is 50.4 Å². The molecule has 1 aliphatic heterocycles. The highest BCUT2D eigenvalue weighted by atomic mass is 32.1. The highest BCUT2D eigenvalue weighted by molar-refractivity contribution is 7.11. The van der Waals surface area contributed by atoms with Gasteiger partial charge < -0.3 is 4.57 Å². The van der Waals surface area contributed by atoms with Crippen molar-refractivity contribution in [2.45, 2.75) is 52.9 Å². The number of nitrogens with zero attached hydrogens (tertiary/aromatic N) is 6. The predicted octanol–water partition coefficient (Wildman–Crippen LogP) is 2.08. The molecule has 1 fully saturated rings. The average molecular weight is 334 g/mol. The van der Waals surface area contributed by atoms with E-state index in [0.29, 0.717) is 6.04 Å². The first-order valence-corrected chi connectivity index (χ1v) is 9.11. The summed E-state index contributed by atoms with van der Waals surface area (Å²) in [6.07, 6.45) is 3.23. The van der Waals surface area contributed by atoms with Crippen LogP contribution < -0.4 is 0 Å². The second-order valence-corrected chi connectivity index (χ2v) is 7.67. The molecule has 7 heteroatoms. The van der Waals surface area contributed by atoms with Gasteiger partial charge in [0, 0.05) is 43.3 Å². The monoisotopic (exact) mass is 334 g/mol. The molecule has 1 aliphatic rings. The number of rotatable bonds is 6. The van der Waals surface area contributed by atoms with Crippen molar-refractivity contribution in [3.05, 3.63) is 27.7 Å². The Morgan fingerprint density at radius 3 is 2.87 bits per heavy atom. The van der Waals surface area contributed by atoms with Gasteiger partial charge in [-0.3, -0.25) is 9.80 Å². The average Bonchev–Trinajstić information content (AvgIpc) is 3.21. The molecule has 2 aromatic heterocycles. The van der Waals surface area contributed by atoms with Crippen molar-refractivity contribution < 1.29 is 0 Å². The molecule has 0 amide bonds. The van der Waals surface area contributed by atoms with Crippen LogP contribution in [-0.4, -0.2) is 55.7 Å². The number of thiazole rings is 1. The van der Waals surface area contributed by atoms with Gasteiger partial charge in [-0.1, -0.05) is 0 Å². The lowest BCUT2D eigenvalue weighted by Gasteiger charge is -2.24. The fourth-order valence-corrected chi connectivity index (χ4v) is 4.16. The minimum absolute atomic E-state index is 0.589. The van der Waals surface area contributed by atoms with E-state index >= 15 is 0 Å². The lowest BCUT2D eigenvalue weighted by molar-refractivity contribution is 0.216. The maximum absolute atomic E-state index is 4.35. The molecule has 0 unspecified atom stereocenters. The van der Waals surface area contributed by atoms with Crippen LogP contribution in [0.5, 0.6) is 0 Å². The van der Waals surface area contributed by atoms with Crippen LogP contribution in [0.3, 0.4) is 0 Å². The molecule has 23 heavy (non-hydrogen) atoms. The summed E-state index contributed by atoms with van der Waals surface area (Å²) in [6.45, 7) is 11.3. The molecule has 3 heterocycles. The minimum Gasteiger partial charge on any atom is -0.314 e. The molecule has 6 nitrogen and oxygen atoms in total. The van der Waals surface area contributed by atoms with Crippen LogP contribution in [0.2, 0.25) is 0 Å². The number of hydrogen-bond acceptors (Lipinski definition) is 6. The molecule has 0 saturated carbocycles. The first kappa shape index (κ1) is 16.5. The van der Waals surface area contributed by atoms with Gasteiger partial charge >= 0.3 is 0 Å². The topological polar surface area (TPSA) is 50.1 Å². The molecule has 3 rings (SSSR count). The minimum atomic E-state index is 0.589. The van der Waals surface area contributed by atoms with Crippen LogP contribution in [0.25, 0.3) is 0 Å². The zero-order valence-corrected chi connectivity index (χ0v) is 15.3. The maximum Gasteiger partial charge on any atom is 0.147 e. The molecule has 0 aromatic carbocycles. The molecular weight excluding hydrogens is 308 g/mol. The van der Waals surface area contributed by atoms with E-state index in [-0.39, 0.29) is 0 Å². The summed E-state index contributed by atoms with van der Waals surface area (Å²) < 4.78 is 2.20. The third-order valence-electron chi connectivity index (χ3n) is 4.64. The van der Waals surface area contributed by atoms with Crippen molar-refractivity contribution in [2.75, 3.05) is 20.1 Å². The summed E-state index contributed by atoms with van der Waals surface area (Å²) in [6, 6.07) is 0.589. The molecule has 126 valence electrons. The van der Waals surface area contributed by atoms with Gasteiger partial charge in [-0.15, -0.1) is 21.5 Å². The van der Waals surface area contributed by atoms with E-state index in [1.807, 2.05) is 13.1 Å². The van der Waals surface area contributed by atoms with Gasteiger partial charge in [0.25, 0.3) is 0 Å². The van der Waals surface area contributed by atoms with Crippen molar-refractivity contribution >= 4 is 11.3 Å². The van der Waals surface area contributed by atoms with Crippen molar-refractivity contribution in [3.63, 3.8) is 0 Å².